The fraction of sp³-hybridized carbons (Fsp3) is 0.438. The molecule has 0 spiro atoms. The number of halogens is 2. The van der Waals surface area contributed by atoms with E-state index in [1.165, 1.54) is 25.7 Å². The quantitative estimate of drug-likeness (QED) is 0.898. The first-order valence-corrected chi connectivity index (χ1v) is 7.24. The van der Waals surface area contributed by atoms with Crippen LogP contribution < -0.4 is 10.1 Å². The molecule has 0 unspecified atom stereocenters. The number of benzene rings is 1. The van der Waals surface area contributed by atoms with Gasteiger partial charge in [-0.25, -0.2) is 0 Å². The first-order valence-electron chi connectivity index (χ1n) is 7.24. The molecule has 1 fully saturated rings. The molecule has 1 heterocycles. The van der Waals surface area contributed by atoms with Crippen molar-refractivity contribution in [2.75, 3.05) is 12.4 Å². The maximum Gasteiger partial charge on any atom is 0.387 e. The molecule has 0 aliphatic heterocycles. The lowest BCUT2D eigenvalue weighted by atomic mass is 10.0. The molecule has 0 bridgehead atoms. The van der Waals surface area contributed by atoms with E-state index in [4.69, 9.17) is 4.98 Å². The average Bonchev–Trinajstić information content (AvgIpc) is 2.99. The molecular weight excluding hydrogens is 274 g/mol. The number of alkyl halides is 2. The molecule has 1 N–H and O–H groups in total. The molecule has 3 rings (SSSR count). The minimum atomic E-state index is -2.81. The topological polar surface area (TPSA) is 34.2 Å². The molecule has 0 atom stereocenters. The Balaban J connectivity index is 2.04. The van der Waals surface area contributed by atoms with E-state index in [0.717, 1.165) is 22.3 Å². The second kappa shape index (κ2) is 5.84. The number of aromatic nitrogens is 1. The predicted molar refractivity (Wildman–Crippen MR) is 79.1 cm³/mol. The zero-order chi connectivity index (χ0) is 14.8. The van der Waals surface area contributed by atoms with Crippen molar-refractivity contribution < 1.29 is 13.5 Å². The molecule has 1 aliphatic carbocycles. The van der Waals surface area contributed by atoms with Crippen LogP contribution in [0.4, 0.5) is 14.5 Å². The lowest BCUT2D eigenvalue weighted by Crippen LogP contribution is -2.03. The highest BCUT2D eigenvalue weighted by Gasteiger charge is 2.20. The second-order valence-corrected chi connectivity index (χ2v) is 5.38. The Hall–Kier alpha value is -1.91. The standard InChI is InChI=1S/C16H18F2N2O/c1-19-15-9-14(10-4-2-3-5-10)20-13-7-6-11(8-12(13)15)21-16(17)18/h6-10,16H,2-5H2,1H3,(H,19,20). The van der Waals surface area contributed by atoms with Crippen LogP contribution in [0.3, 0.4) is 0 Å². The van der Waals surface area contributed by atoms with Gasteiger partial charge in [0.05, 0.1) is 5.52 Å². The van der Waals surface area contributed by atoms with E-state index in [9.17, 15) is 8.78 Å². The molecule has 5 heteroatoms. The van der Waals surface area contributed by atoms with Crippen LogP contribution in [-0.2, 0) is 0 Å². The van der Waals surface area contributed by atoms with Crippen molar-refractivity contribution in [2.24, 2.45) is 0 Å². The van der Waals surface area contributed by atoms with Gasteiger partial charge in [-0.2, -0.15) is 8.78 Å². The number of nitrogens with zero attached hydrogens (tertiary/aromatic N) is 1. The number of hydrogen-bond donors (Lipinski definition) is 1. The van der Waals surface area contributed by atoms with Crippen LogP contribution in [0.25, 0.3) is 10.9 Å². The highest BCUT2D eigenvalue weighted by atomic mass is 19.3. The van der Waals surface area contributed by atoms with Gasteiger partial charge in [-0.3, -0.25) is 4.98 Å². The van der Waals surface area contributed by atoms with Crippen molar-refractivity contribution in [3.63, 3.8) is 0 Å². The molecule has 1 saturated carbocycles. The van der Waals surface area contributed by atoms with Crippen LogP contribution in [0.15, 0.2) is 24.3 Å². The van der Waals surface area contributed by atoms with Crippen LogP contribution in [0, 0.1) is 0 Å². The Morgan fingerprint density at radius 3 is 2.67 bits per heavy atom. The largest absolute Gasteiger partial charge is 0.435 e. The normalized spacial score (nSPS) is 15.8. The number of rotatable bonds is 4. The van der Waals surface area contributed by atoms with Gasteiger partial charge >= 0.3 is 6.61 Å². The monoisotopic (exact) mass is 292 g/mol. The van der Waals surface area contributed by atoms with Crippen molar-refractivity contribution in [1.29, 1.82) is 0 Å². The summed E-state index contributed by atoms with van der Waals surface area (Å²) in [5.74, 6) is 0.669. The van der Waals surface area contributed by atoms with Crippen LogP contribution in [-0.4, -0.2) is 18.6 Å². The van der Waals surface area contributed by atoms with Gasteiger partial charge < -0.3 is 10.1 Å². The van der Waals surface area contributed by atoms with Crippen molar-refractivity contribution in [1.82, 2.24) is 4.98 Å². The molecule has 0 amide bonds. The average molecular weight is 292 g/mol. The summed E-state index contributed by atoms with van der Waals surface area (Å²) in [5, 5.41) is 3.93. The first kappa shape index (κ1) is 14.0. The van der Waals surface area contributed by atoms with Gasteiger partial charge in [0.1, 0.15) is 5.75 Å². The summed E-state index contributed by atoms with van der Waals surface area (Å²) in [6, 6.07) is 6.93. The third kappa shape index (κ3) is 2.91. The maximum atomic E-state index is 12.3. The van der Waals surface area contributed by atoms with E-state index in [2.05, 4.69) is 10.1 Å². The van der Waals surface area contributed by atoms with Gasteiger partial charge in [-0.15, -0.1) is 0 Å². The molecule has 0 saturated heterocycles. The highest BCUT2D eigenvalue weighted by molar-refractivity contribution is 5.92. The van der Waals surface area contributed by atoms with Crippen LogP contribution in [0.5, 0.6) is 5.75 Å². The number of pyridine rings is 1. The molecule has 2 aromatic rings. The van der Waals surface area contributed by atoms with E-state index in [-0.39, 0.29) is 5.75 Å². The summed E-state index contributed by atoms with van der Waals surface area (Å²) in [4.78, 5) is 4.70. The summed E-state index contributed by atoms with van der Waals surface area (Å²) in [5.41, 5.74) is 2.80. The molecule has 21 heavy (non-hydrogen) atoms. The summed E-state index contributed by atoms with van der Waals surface area (Å²) < 4.78 is 29.1. The van der Waals surface area contributed by atoms with E-state index in [0.29, 0.717) is 5.92 Å². The summed E-state index contributed by atoms with van der Waals surface area (Å²) >= 11 is 0. The van der Waals surface area contributed by atoms with Gasteiger partial charge in [-0.05, 0) is 37.1 Å². The Labute approximate surface area is 122 Å². The molecule has 3 nitrogen and oxygen atoms in total. The van der Waals surface area contributed by atoms with E-state index in [1.807, 2.05) is 13.1 Å². The van der Waals surface area contributed by atoms with Crippen LogP contribution in [0.1, 0.15) is 37.3 Å². The lowest BCUT2D eigenvalue weighted by molar-refractivity contribution is -0.0497. The third-order valence-electron chi connectivity index (χ3n) is 4.07. The first-order chi connectivity index (χ1) is 10.2. The van der Waals surface area contributed by atoms with Gasteiger partial charge in [-0.1, -0.05) is 12.8 Å². The Morgan fingerprint density at radius 1 is 1.24 bits per heavy atom. The van der Waals surface area contributed by atoms with Gasteiger partial charge in [0.15, 0.2) is 0 Å². The van der Waals surface area contributed by atoms with E-state index in [1.54, 1.807) is 18.2 Å². The predicted octanol–water partition coefficient (Wildman–Crippen LogP) is 4.54. The fourth-order valence-corrected chi connectivity index (χ4v) is 3.04. The highest BCUT2D eigenvalue weighted by Crippen LogP contribution is 2.36. The molecule has 1 aliphatic rings. The second-order valence-electron chi connectivity index (χ2n) is 5.38. The van der Waals surface area contributed by atoms with Crippen LogP contribution >= 0.6 is 0 Å². The minimum Gasteiger partial charge on any atom is -0.435 e. The van der Waals surface area contributed by atoms with Gasteiger partial charge in [0, 0.05) is 29.7 Å². The zero-order valence-corrected chi connectivity index (χ0v) is 11.9. The van der Waals surface area contributed by atoms with Crippen molar-refractivity contribution >= 4 is 16.6 Å². The summed E-state index contributed by atoms with van der Waals surface area (Å²) in [6.07, 6.45) is 4.85. The number of fused-ring (bicyclic) bond motifs is 1. The number of nitrogens with one attached hydrogen (secondary N) is 1. The Kier molecular flexibility index (Phi) is 3.90. The fourth-order valence-electron chi connectivity index (χ4n) is 3.04. The van der Waals surface area contributed by atoms with Gasteiger partial charge in [0.25, 0.3) is 0 Å². The van der Waals surface area contributed by atoms with Crippen molar-refractivity contribution in [2.45, 2.75) is 38.2 Å². The number of ether oxygens (including phenoxy) is 1. The Bertz CT molecular complexity index is 639. The van der Waals surface area contributed by atoms with Gasteiger partial charge in [0.2, 0.25) is 0 Å². The molecule has 1 aromatic carbocycles. The maximum absolute atomic E-state index is 12.3. The number of hydrogen-bond acceptors (Lipinski definition) is 3. The lowest BCUT2D eigenvalue weighted by Gasteiger charge is -2.14. The summed E-state index contributed by atoms with van der Waals surface area (Å²) in [6.45, 7) is -2.81. The number of anilines is 1. The summed E-state index contributed by atoms with van der Waals surface area (Å²) in [7, 11) is 1.83. The molecular formula is C16H18F2N2O. The van der Waals surface area contributed by atoms with Crippen LogP contribution in [0.2, 0.25) is 0 Å². The smallest absolute Gasteiger partial charge is 0.387 e. The molecule has 1 aromatic heterocycles. The van der Waals surface area contributed by atoms with E-state index >= 15 is 0 Å². The van der Waals surface area contributed by atoms with Crippen molar-refractivity contribution in [3.8, 4) is 5.75 Å². The third-order valence-corrected chi connectivity index (χ3v) is 4.07. The van der Waals surface area contributed by atoms with Crippen molar-refractivity contribution in [3.05, 3.63) is 30.0 Å². The molecule has 0 radical (unpaired) electrons. The zero-order valence-electron chi connectivity index (χ0n) is 11.9. The SMILES string of the molecule is CNc1cc(C2CCCC2)nc2ccc(OC(F)F)cc12. The van der Waals surface area contributed by atoms with E-state index < -0.39 is 6.61 Å². The molecule has 112 valence electrons. The Morgan fingerprint density at radius 2 is 2.00 bits per heavy atom. The minimum absolute atomic E-state index is 0.157.